The molecule has 9 nitrogen and oxygen atoms in total. The van der Waals surface area contributed by atoms with Gasteiger partial charge in [-0.15, -0.1) is 0 Å². The number of hydrogen-bond donors (Lipinski definition) is 2. The van der Waals surface area contributed by atoms with E-state index in [9.17, 15) is 19.5 Å². The van der Waals surface area contributed by atoms with Crippen molar-refractivity contribution in [3.8, 4) is 11.1 Å². The van der Waals surface area contributed by atoms with Crippen LogP contribution in [0.5, 0.6) is 0 Å². The van der Waals surface area contributed by atoms with Gasteiger partial charge in [-0.05, 0) is 27.8 Å². The Labute approximate surface area is 225 Å². The van der Waals surface area contributed by atoms with E-state index in [-0.39, 0.29) is 31.3 Å². The van der Waals surface area contributed by atoms with Crippen LogP contribution in [0, 0.1) is 0 Å². The van der Waals surface area contributed by atoms with Crippen molar-refractivity contribution < 1.29 is 24.2 Å². The SMILES string of the molecule is O=C(O)CN(Cc1ccccc1)C(=O)c1cn(CCNC(=O)OCC2c3ccccc3-c3ccccc32)cn1. The van der Waals surface area contributed by atoms with Gasteiger partial charge in [0, 0.05) is 31.7 Å². The lowest BCUT2D eigenvalue weighted by atomic mass is 9.98. The van der Waals surface area contributed by atoms with Crippen molar-refractivity contribution in [3.05, 3.63) is 114 Å². The molecule has 5 rings (SSSR count). The molecular weight excluding hydrogens is 496 g/mol. The molecule has 39 heavy (non-hydrogen) atoms. The maximum atomic E-state index is 13.0. The van der Waals surface area contributed by atoms with Gasteiger partial charge in [0.25, 0.3) is 5.91 Å². The second kappa shape index (κ2) is 11.6. The molecule has 198 valence electrons. The number of carbonyl (C=O) groups excluding carboxylic acids is 2. The summed E-state index contributed by atoms with van der Waals surface area (Å²) >= 11 is 0. The van der Waals surface area contributed by atoms with E-state index in [0.29, 0.717) is 6.54 Å². The summed E-state index contributed by atoms with van der Waals surface area (Å²) in [6.07, 6.45) is 2.50. The molecule has 1 aromatic heterocycles. The number of rotatable bonds is 10. The summed E-state index contributed by atoms with van der Waals surface area (Å²) in [6.45, 7) is 0.572. The fourth-order valence-electron chi connectivity index (χ4n) is 4.86. The Balaban J connectivity index is 1.13. The molecule has 2 amide bonds. The minimum atomic E-state index is -1.11. The van der Waals surface area contributed by atoms with E-state index < -0.39 is 24.5 Å². The molecule has 1 aliphatic rings. The molecule has 0 saturated carbocycles. The first-order valence-corrected chi connectivity index (χ1v) is 12.6. The molecule has 0 bridgehead atoms. The van der Waals surface area contributed by atoms with Crippen LogP contribution in [-0.4, -0.2) is 57.2 Å². The predicted octanol–water partition coefficient (Wildman–Crippen LogP) is 4.15. The molecule has 2 N–H and O–H groups in total. The Morgan fingerprint density at radius 3 is 2.23 bits per heavy atom. The second-order valence-corrected chi connectivity index (χ2v) is 9.29. The van der Waals surface area contributed by atoms with Gasteiger partial charge in [-0.2, -0.15) is 0 Å². The Bertz CT molecular complexity index is 1440. The summed E-state index contributed by atoms with van der Waals surface area (Å²) in [6, 6.07) is 25.5. The van der Waals surface area contributed by atoms with Crippen molar-refractivity contribution in [2.24, 2.45) is 0 Å². The van der Waals surface area contributed by atoms with Crippen molar-refractivity contribution in [1.29, 1.82) is 0 Å². The Hall–Kier alpha value is -4.92. The number of alkyl carbamates (subject to hydrolysis) is 1. The minimum absolute atomic E-state index is 0.0185. The molecule has 0 spiro atoms. The standard InChI is InChI=1S/C30H28N4O5/c35-28(36)18-34(16-21-8-2-1-3-9-21)29(37)27-17-33(20-32-27)15-14-31-30(38)39-19-26-24-12-6-4-10-22(24)23-11-5-7-13-25(23)26/h1-13,17,20,26H,14-16,18-19H2,(H,31,38)(H,35,36). The lowest BCUT2D eigenvalue weighted by Crippen LogP contribution is -2.35. The Morgan fingerprint density at radius 2 is 1.56 bits per heavy atom. The van der Waals surface area contributed by atoms with Gasteiger partial charge in [0.05, 0.1) is 6.33 Å². The first-order valence-electron chi connectivity index (χ1n) is 12.6. The summed E-state index contributed by atoms with van der Waals surface area (Å²) in [4.78, 5) is 42.1. The van der Waals surface area contributed by atoms with Crippen LogP contribution < -0.4 is 5.32 Å². The zero-order valence-electron chi connectivity index (χ0n) is 21.2. The van der Waals surface area contributed by atoms with Crippen molar-refractivity contribution in [2.45, 2.75) is 19.0 Å². The van der Waals surface area contributed by atoms with Gasteiger partial charge in [0.2, 0.25) is 0 Å². The number of carboxylic acids is 1. The van der Waals surface area contributed by atoms with Crippen molar-refractivity contribution in [2.75, 3.05) is 19.7 Å². The molecule has 0 unspecified atom stereocenters. The summed E-state index contributed by atoms with van der Waals surface area (Å²) in [7, 11) is 0. The van der Waals surface area contributed by atoms with Crippen molar-refractivity contribution in [3.63, 3.8) is 0 Å². The summed E-state index contributed by atoms with van der Waals surface area (Å²) in [5.74, 6) is -1.61. The normalized spacial score (nSPS) is 11.9. The highest BCUT2D eigenvalue weighted by Gasteiger charge is 2.29. The summed E-state index contributed by atoms with van der Waals surface area (Å²) < 4.78 is 7.22. The number of hydrogen-bond acceptors (Lipinski definition) is 5. The molecule has 4 aromatic rings. The molecule has 0 saturated heterocycles. The highest BCUT2D eigenvalue weighted by molar-refractivity contribution is 5.94. The van der Waals surface area contributed by atoms with E-state index in [2.05, 4.69) is 34.6 Å². The van der Waals surface area contributed by atoms with E-state index in [0.717, 1.165) is 16.7 Å². The number of nitrogens with one attached hydrogen (secondary N) is 1. The monoisotopic (exact) mass is 524 g/mol. The second-order valence-electron chi connectivity index (χ2n) is 9.29. The number of carboxylic acid groups (broad SMARTS) is 1. The number of amides is 2. The quantitative estimate of drug-likeness (QED) is 0.322. The number of fused-ring (bicyclic) bond motifs is 3. The average Bonchev–Trinajstić information content (AvgIpc) is 3.54. The molecule has 3 aromatic carbocycles. The van der Waals surface area contributed by atoms with E-state index in [1.807, 2.05) is 54.6 Å². The minimum Gasteiger partial charge on any atom is -0.480 e. The van der Waals surface area contributed by atoms with Crippen molar-refractivity contribution in [1.82, 2.24) is 19.8 Å². The maximum absolute atomic E-state index is 13.0. The lowest BCUT2D eigenvalue weighted by molar-refractivity contribution is -0.137. The van der Waals surface area contributed by atoms with E-state index >= 15 is 0 Å². The molecule has 1 heterocycles. The van der Waals surface area contributed by atoms with Crippen LogP contribution in [0.25, 0.3) is 11.1 Å². The van der Waals surface area contributed by atoms with E-state index in [1.165, 1.54) is 22.4 Å². The number of ether oxygens (including phenoxy) is 1. The third-order valence-corrected chi connectivity index (χ3v) is 6.66. The first kappa shape index (κ1) is 25.7. The fraction of sp³-hybridized carbons (Fsp3) is 0.200. The average molecular weight is 525 g/mol. The zero-order chi connectivity index (χ0) is 27.2. The molecule has 0 atom stereocenters. The lowest BCUT2D eigenvalue weighted by Gasteiger charge is -2.19. The van der Waals surface area contributed by atoms with Gasteiger partial charge >= 0.3 is 12.1 Å². The molecule has 1 aliphatic carbocycles. The van der Waals surface area contributed by atoms with Crippen LogP contribution in [0.3, 0.4) is 0 Å². The van der Waals surface area contributed by atoms with Gasteiger partial charge in [0.1, 0.15) is 18.8 Å². The number of carbonyl (C=O) groups is 3. The third kappa shape index (κ3) is 5.98. The van der Waals surface area contributed by atoms with Gasteiger partial charge < -0.3 is 24.6 Å². The largest absolute Gasteiger partial charge is 0.480 e. The van der Waals surface area contributed by atoms with Crippen LogP contribution in [0.1, 0.15) is 33.1 Å². The summed E-state index contributed by atoms with van der Waals surface area (Å²) in [5, 5.41) is 12.0. The fourth-order valence-corrected chi connectivity index (χ4v) is 4.86. The van der Waals surface area contributed by atoms with Gasteiger partial charge in [-0.1, -0.05) is 78.9 Å². The topological polar surface area (TPSA) is 114 Å². The summed E-state index contributed by atoms with van der Waals surface area (Å²) in [5.41, 5.74) is 5.57. The molecule has 0 fully saturated rings. The molecule has 9 heteroatoms. The predicted molar refractivity (Wildman–Crippen MR) is 144 cm³/mol. The molecule has 0 radical (unpaired) electrons. The number of benzene rings is 3. The third-order valence-electron chi connectivity index (χ3n) is 6.66. The Kier molecular flexibility index (Phi) is 7.68. The maximum Gasteiger partial charge on any atom is 0.407 e. The number of imidazole rings is 1. The Morgan fingerprint density at radius 1 is 0.923 bits per heavy atom. The van der Waals surface area contributed by atoms with Crippen LogP contribution in [-0.2, 0) is 22.6 Å². The van der Waals surface area contributed by atoms with Crippen LogP contribution in [0.15, 0.2) is 91.4 Å². The number of aliphatic carboxylic acids is 1. The highest BCUT2D eigenvalue weighted by atomic mass is 16.5. The van der Waals surface area contributed by atoms with Crippen LogP contribution in [0.4, 0.5) is 4.79 Å². The molecule has 0 aliphatic heterocycles. The number of aromatic nitrogens is 2. The zero-order valence-corrected chi connectivity index (χ0v) is 21.2. The van der Waals surface area contributed by atoms with Crippen molar-refractivity contribution >= 4 is 18.0 Å². The van der Waals surface area contributed by atoms with Crippen LogP contribution >= 0.6 is 0 Å². The van der Waals surface area contributed by atoms with Crippen LogP contribution in [0.2, 0.25) is 0 Å². The number of nitrogens with zero attached hydrogens (tertiary/aromatic N) is 3. The smallest absolute Gasteiger partial charge is 0.407 e. The van der Waals surface area contributed by atoms with E-state index in [1.54, 1.807) is 10.8 Å². The van der Waals surface area contributed by atoms with E-state index in [4.69, 9.17) is 4.74 Å². The highest BCUT2D eigenvalue weighted by Crippen LogP contribution is 2.44. The van der Waals surface area contributed by atoms with Gasteiger partial charge in [-0.3, -0.25) is 9.59 Å². The van der Waals surface area contributed by atoms with Gasteiger partial charge in [-0.25, -0.2) is 9.78 Å². The molecular formula is C30H28N4O5. The van der Waals surface area contributed by atoms with Gasteiger partial charge in [0.15, 0.2) is 0 Å². The first-order chi connectivity index (χ1) is 19.0.